The predicted octanol–water partition coefficient (Wildman–Crippen LogP) is 3.69. The van der Waals surface area contributed by atoms with Crippen molar-refractivity contribution in [1.29, 1.82) is 0 Å². The summed E-state index contributed by atoms with van der Waals surface area (Å²) in [5.74, 6) is -0.913. The quantitative estimate of drug-likeness (QED) is 0.732. The van der Waals surface area contributed by atoms with E-state index >= 15 is 0 Å². The van der Waals surface area contributed by atoms with E-state index in [1.165, 1.54) is 11.3 Å². The van der Waals surface area contributed by atoms with Crippen LogP contribution in [0.5, 0.6) is 0 Å². The molecule has 2 aromatic carbocycles. The van der Waals surface area contributed by atoms with Gasteiger partial charge in [0.15, 0.2) is 0 Å². The SMILES string of the molecule is CN(C(=O)[C@H](Cc1ccccc1)N1C(=O)c2ccccc2C1=O)C1CCCCC1. The van der Waals surface area contributed by atoms with Crippen LogP contribution in [0.1, 0.15) is 58.4 Å². The van der Waals surface area contributed by atoms with E-state index in [9.17, 15) is 14.4 Å². The molecule has 1 aliphatic heterocycles. The van der Waals surface area contributed by atoms with Gasteiger partial charge in [-0.3, -0.25) is 19.3 Å². The molecular weight excluding hydrogens is 364 g/mol. The highest BCUT2D eigenvalue weighted by Gasteiger charge is 2.44. The average molecular weight is 390 g/mol. The first-order valence-electron chi connectivity index (χ1n) is 10.4. The second-order valence-corrected chi connectivity index (χ2v) is 7.97. The summed E-state index contributed by atoms with van der Waals surface area (Å²) >= 11 is 0. The van der Waals surface area contributed by atoms with Gasteiger partial charge in [-0.2, -0.15) is 0 Å². The molecule has 1 fully saturated rings. The lowest BCUT2D eigenvalue weighted by Crippen LogP contribution is -2.53. The van der Waals surface area contributed by atoms with Crippen molar-refractivity contribution in [2.24, 2.45) is 0 Å². The molecule has 1 saturated carbocycles. The van der Waals surface area contributed by atoms with Gasteiger partial charge >= 0.3 is 0 Å². The average Bonchev–Trinajstić information content (AvgIpc) is 3.03. The number of amides is 3. The lowest BCUT2D eigenvalue weighted by atomic mass is 9.93. The van der Waals surface area contributed by atoms with Crippen LogP contribution in [0.15, 0.2) is 54.6 Å². The highest BCUT2D eigenvalue weighted by atomic mass is 16.2. The van der Waals surface area contributed by atoms with E-state index in [2.05, 4.69) is 0 Å². The van der Waals surface area contributed by atoms with Crippen molar-refractivity contribution < 1.29 is 14.4 Å². The molecule has 2 aromatic rings. The molecule has 4 rings (SSSR count). The zero-order valence-electron chi connectivity index (χ0n) is 16.7. The van der Waals surface area contributed by atoms with Crippen LogP contribution in [0.2, 0.25) is 0 Å². The number of likely N-dealkylation sites (N-methyl/N-ethyl adjacent to an activating group) is 1. The van der Waals surface area contributed by atoms with Gasteiger partial charge in [0, 0.05) is 19.5 Å². The van der Waals surface area contributed by atoms with Gasteiger partial charge in [0.2, 0.25) is 5.91 Å². The highest BCUT2D eigenvalue weighted by Crippen LogP contribution is 2.28. The summed E-state index contributed by atoms with van der Waals surface area (Å²) in [5, 5.41) is 0. The van der Waals surface area contributed by atoms with Crippen LogP contribution >= 0.6 is 0 Å². The Hall–Kier alpha value is -2.95. The minimum absolute atomic E-state index is 0.157. The van der Waals surface area contributed by atoms with Crippen LogP contribution < -0.4 is 0 Å². The van der Waals surface area contributed by atoms with Gasteiger partial charge in [0.1, 0.15) is 6.04 Å². The number of hydrogen-bond donors (Lipinski definition) is 0. The Labute approximate surface area is 171 Å². The molecule has 0 N–H and O–H groups in total. The molecule has 0 unspecified atom stereocenters. The number of imide groups is 1. The van der Waals surface area contributed by atoms with Crippen LogP contribution in [-0.4, -0.2) is 46.7 Å². The third kappa shape index (κ3) is 3.69. The number of carbonyl (C=O) groups is 3. The topological polar surface area (TPSA) is 57.7 Å². The van der Waals surface area contributed by atoms with Gasteiger partial charge in [0.05, 0.1) is 11.1 Å². The molecule has 5 heteroatoms. The number of carbonyl (C=O) groups excluding carboxylic acids is 3. The maximum Gasteiger partial charge on any atom is 0.262 e. The first-order chi connectivity index (χ1) is 14.1. The van der Waals surface area contributed by atoms with Crippen molar-refractivity contribution in [3.05, 3.63) is 71.3 Å². The second-order valence-electron chi connectivity index (χ2n) is 7.97. The van der Waals surface area contributed by atoms with Crippen LogP contribution in [0.3, 0.4) is 0 Å². The van der Waals surface area contributed by atoms with Gasteiger partial charge in [-0.05, 0) is 30.5 Å². The standard InChI is InChI=1S/C24H26N2O3/c1-25(18-12-6-3-7-13-18)24(29)21(16-17-10-4-2-5-11-17)26-22(27)19-14-8-9-15-20(19)23(26)28/h2,4-5,8-11,14-15,18,21H,3,6-7,12-13,16H2,1H3/t21-/m0/s1. The molecule has 3 amide bonds. The fraction of sp³-hybridized carbons (Fsp3) is 0.375. The Morgan fingerprint density at radius 2 is 1.48 bits per heavy atom. The fourth-order valence-electron chi connectivity index (χ4n) is 4.50. The Kier molecular flexibility index (Phi) is 5.47. The molecular formula is C24H26N2O3. The van der Waals surface area contributed by atoms with Crippen molar-refractivity contribution in [1.82, 2.24) is 9.80 Å². The van der Waals surface area contributed by atoms with Gasteiger partial charge < -0.3 is 4.90 Å². The van der Waals surface area contributed by atoms with E-state index in [4.69, 9.17) is 0 Å². The summed E-state index contributed by atoms with van der Waals surface area (Å²) in [6, 6.07) is 15.7. The van der Waals surface area contributed by atoms with Gasteiger partial charge in [-0.25, -0.2) is 0 Å². The Bertz CT molecular complexity index is 884. The monoisotopic (exact) mass is 390 g/mol. The summed E-state index contributed by atoms with van der Waals surface area (Å²) < 4.78 is 0. The first kappa shape index (κ1) is 19.4. The van der Waals surface area contributed by atoms with E-state index in [1.54, 1.807) is 29.2 Å². The van der Waals surface area contributed by atoms with Crippen LogP contribution in [0, 0.1) is 0 Å². The second kappa shape index (κ2) is 8.19. The molecule has 5 nitrogen and oxygen atoms in total. The maximum atomic E-state index is 13.6. The summed E-state index contributed by atoms with van der Waals surface area (Å²) in [5.41, 5.74) is 1.69. The Balaban J connectivity index is 1.66. The zero-order chi connectivity index (χ0) is 20.4. The number of nitrogens with zero attached hydrogens (tertiary/aromatic N) is 2. The summed E-state index contributed by atoms with van der Waals surface area (Å²) in [4.78, 5) is 42.7. The molecule has 0 aromatic heterocycles. The van der Waals surface area contributed by atoms with Crippen molar-refractivity contribution in [3.8, 4) is 0 Å². The van der Waals surface area contributed by atoms with E-state index in [1.807, 2.05) is 37.4 Å². The lowest BCUT2D eigenvalue weighted by Gasteiger charge is -2.36. The van der Waals surface area contributed by atoms with Crippen molar-refractivity contribution in [2.75, 3.05) is 7.05 Å². The Morgan fingerprint density at radius 1 is 0.931 bits per heavy atom. The minimum atomic E-state index is -0.836. The summed E-state index contributed by atoms with van der Waals surface area (Å²) in [6.07, 6.45) is 5.69. The van der Waals surface area contributed by atoms with Crippen LogP contribution in [0.25, 0.3) is 0 Å². The van der Waals surface area contributed by atoms with E-state index < -0.39 is 6.04 Å². The molecule has 1 atom stereocenters. The smallest absolute Gasteiger partial charge is 0.262 e. The van der Waals surface area contributed by atoms with Gasteiger partial charge in [-0.15, -0.1) is 0 Å². The van der Waals surface area contributed by atoms with E-state index in [-0.39, 0.29) is 23.8 Å². The normalized spacial score (nSPS) is 17.9. The Morgan fingerprint density at radius 3 is 2.07 bits per heavy atom. The first-order valence-corrected chi connectivity index (χ1v) is 10.4. The maximum absolute atomic E-state index is 13.6. The van der Waals surface area contributed by atoms with Crippen molar-refractivity contribution >= 4 is 17.7 Å². The highest BCUT2D eigenvalue weighted by molar-refractivity contribution is 6.22. The third-order valence-electron chi connectivity index (χ3n) is 6.16. The molecule has 1 heterocycles. The molecule has 0 saturated heterocycles. The third-order valence-corrected chi connectivity index (χ3v) is 6.16. The number of fused-ring (bicyclic) bond motifs is 1. The van der Waals surface area contributed by atoms with Crippen LogP contribution in [0.4, 0.5) is 0 Å². The molecule has 0 radical (unpaired) electrons. The van der Waals surface area contributed by atoms with Gasteiger partial charge in [-0.1, -0.05) is 61.7 Å². The largest absolute Gasteiger partial charge is 0.341 e. The van der Waals surface area contributed by atoms with Crippen molar-refractivity contribution in [2.45, 2.75) is 50.6 Å². The summed E-state index contributed by atoms with van der Waals surface area (Å²) in [6.45, 7) is 0. The van der Waals surface area contributed by atoms with E-state index in [0.29, 0.717) is 17.5 Å². The molecule has 2 aliphatic rings. The number of hydrogen-bond acceptors (Lipinski definition) is 3. The van der Waals surface area contributed by atoms with Crippen molar-refractivity contribution in [3.63, 3.8) is 0 Å². The van der Waals surface area contributed by atoms with Crippen LogP contribution in [-0.2, 0) is 11.2 Å². The molecule has 1 aliphatic carbocycles. The molecule has 150 valence electrons. The lowest BCUT2D eigenvalue weighted by molar-refractivity contribution is -0.136. The zero-order valence-corrected chi connectivity index (χ0v) is 16.7. The molecule has 0 spiro atoms. The minimum Gasteiger partial charge on any atom is -0.341 e. The molecule has 29 heavy (non-hydrogen) atoms. The number of rotatable bonds is 5. The fourth-order valence-corrected chi connectivity index (χ4v) is 4.50. The van der Waals surface area contributed by atoms with Gasteiger partial charge in [0.25, 0.3) is 11.8 Å². The van der Waals surface area contributed by atoms with E-state index in [0.717, 1.165) is 31.2 Å². The molecule has 0 bridgehead atoms. The predicted molar refractivity (Wildman–Crippen MR) is 111 cm³/mol. The summed E-state index contributed by atoms with van der Waals surface area (Å²) in [7, 11) is 1.81. The number of benzene rings is 2.